The number of benzene rings is 1. The third-order valence-electron chi connectivity index (χ3n) is 3.42. The molecule has 0 fully saturated rings. The lowest BCUT2D eigenvalue weighted by molar-refractivity contribution is -0.0260. The van der Waals surface area contributed by atoms with Crippen LogP contribution in [0.25, 0.3) is 0 Å². The van der Waals surface area contributed by atoms with Crippen molar-refractivity contribution in [1.82, 2.24) is 9.55 Å². The topological polar surface area (TPSA) is 44.1 Å². The van der Waals surface area contributed by atoms with Crippen LogP contribution in [0.2, 0.25) is 10.0 Å². The van der Waals surface area contributed by atoms with E-state index in [2.05, 4.69) is 4.98 Å². The third kappa shape index (κ3) is 2.00. The molecule has 0 saturated carbocycles. The molecule has 0 bridgehead atoms. The normalized spacial score (nSPS) is 20.4. The number of cyclic esters (lactones) is 1. The number of carbonyl (C=O) groups excluding carboxylic acids is 1. The van der Waals surface area contributed by atoms with Crippen LogP contribution >= 0.6 is 23.2 Å². The fourth-order valence-corrected chi connectivity index (χ4v) is 3.27. The van der Waals surface area contributed by atoms with Crippen molar-refractivity contribution in [1.29, 1.82) is 0 Å². The Kier molecular flexibility index (Phi) is 3.03. The maximum Gasteiger partial charge on any atom is 0.340 e. The smallest absolute Gasteiger partial charge is 0.340 e. The first-order chi connectivity index (χ1) is 9.40. The number of ether oxygens (including phenoxy) is 1. The molecular weight excluding hydrogens is 299 g/mol. The van der Waals surface area contributed by atoms with Crippen LogP contribution in [0.4, 0.5) is 0 Å². The number of esters is 1. The zero-order chi connectivity index (χ0) is 14.5. The first kappa shape index (κ1) is 13.5. The Labute approximate surface area is 126 Å². The van der Waals surface area contributed by atoms with E-state index in [1.807, 2.05) is 24.6 Å². The molecule has 2 aromatic rings. The summed E-state index contributed by atoms with van der Waals surface area (Å²) in [6.45, 7) is 3.71. The van der Waals surface area contributed by atoms with Gasteiger partial charge in [-0.05, 0) is 31.5 Å². The molecule has 0 radical (unpaired) electrons. The monoisotopic (exact) mass is 310 g/mol. The SMILES string of the molecule is CC1(C)OC(=O)c2c(Cl)cc(Cl)cc2C1n1ccnc1. The van der Waals surface area contributed by atoms with Crippen molar-refractivity contribution in [2.75, 3.05) is 0 Å². The van der Waals surface area contributed by atoms with Crippen molar-refractivity contribution in [2.24, 2.45) is 0 Å². The van der Waals surface area contributed by atoms with Gasteiger partial charge in [0.2, 0.25) is 0 Å². The largest absolute Gasteiger partial charge is 0.453 e. The van der Waals surface area contributed by atoms with Gasteiger partial charge in [-0.3, -0.25) is 0 Å². The summed E-state index contributed by atoms with van der Waals surface area (Å²) in [4.78, 5) is 16.2. The average molecular weight is 311 g/mol. The van der Waals surface area contributed by atoms with E-state index in [-0.39, 0.29) is 6.04 Å². The maximum atomic E-state index is 12.2. The van der Waals surface area contributed by atoms with Crippen molar-refractivity contribution in [3.05, 3.63) is 52.0 Å². The minimum absolute atomic E-state index is 0.228. The fourth-order valence-electron chi connectivity index (χ4n) is 2.69. The zero-order valence-electron chi connectivity index (χ0n) is 10.9. The molecule has 0 spiro atoms. The molecule has 1 unspecified atom stereocenters. The second kappa shape index (κ2) is 4.50. The molecule has 1 aromatic heterocycles. The molecule has 0 aliphatic carbocycles. The standard InChI is InChI=1S/C14H12Cl2N2O2/c1-14(2)12(18-4-3-17-7-18)9-5-8(15)6-10(16)11(9)13(19)20-14/h3-7,12H,1-2H3. The highest BCUT2D eigenvalue weighted by Gasteiger charge is 2.43. The number of nitrogens with zero attached hydrogens (tertiary/aromatic N) is 2. The molecule has 1 atom stereocenters. The summed E-state index contributed by atoms with van der Waals surface area (Å²) in [5.41, 5.74) is 0.398. The van der Waals surface area contributed by atoms with E-state index in [1.165, 1.54) is 0 Å². The zero-order valence-corrected chi connectivity index (χ0v) is 12.4. The van der Waals surface area contributed by atoms with E-state index in [9.17, 15) is 4.79 Å². The van der Waals surface area contributed by atoms with Gasteiger partial charge in [-0.15, -0.1) is 0 Å². The molecule has 0 N–H and O–H groups in total. The van der Waals surface area contributed by atoms with Crippen LogP contribution in [-0.4, -0.2) is 21.1 Å². The maximum absolute atomic E-state index is 12.2. The van der Waals surface area contributed by atoms with Crippen LogP contribution < -0.4 is 0 Å². The first-order valence-electron chi connectivity index (χ1n) is 6.10. The second-order valence-corrected chi connectivity index (χ2v) is 6.10. The molecular formula is C14H12Cl2N2O2. The lowest BCUT2D eigenvalue weighted by Crippen LogP contribution is -2.43. The minimum atomic E-state index is -0.723. The number of rotatable bonds is 1. The van der Waals surface area contributed by atoms with E-state index < -0.39 is 11.6 Å². The summed E-state index contributed by atoms with van der Waals surface area (Å²) < 4.78 is 7.43. The van der Waals surface area contributed by atoms with Gasteiger partial charge in [0.05, 0.1) is 23.0 Å². The lowest BCUT2D eigenvalue weighted by atomic mass is 9.85. The number of aromatic nitrogens is 2. The Morgan fingerprint density at radius 1 is 1.35 bits per heavy atom. The van der Waals surface area contributed by atoms with Gasteiger partial charge in [-0.2, -0.15) is 0 Å². The van der Waals surface area contributed by atoms with Crippen molar-refractivity contribution >= 4 is 29.2 Å². The summed E-state index contributed by atoms with van der Waals surface area (Å²) in [5, 5.41) is 0.794. The molecule has 3 rings (SSSR count). The minimum Gasteiger partial charge on any atom is -0.453 e. The molecule has 0 amide bonds. The summed E-state index contributed by atoms with van der Waals surface area (Å²) in [7, 11) is 0. The Morgan fingerprint density at radius 2 is 2.10 bits per heavy atom. The van der Waals surface area contributed by atoms with Gasteiger partial charge in [0.15, 0.2) is 0 Å². The predicted octanol–water partition coefficient (Wildman–Crippen LogP) is 3.73. The quantitative estimate of drug-likeness (QED) is 0.754. The average Bonchev–Trinajstić information content (AvgIpc) is 2.79. The highest BCUT2D eigenvalue weighted by molar-refractivity contribution is 6.37. The van der Waals surface area contributed by atoms with Gasteiger partial charge in [-0.25, -0.2) is 9.78 Å². The van der Waals surface area contributed by atoms with Crippen LogP contribution in [0.3, 0.4) is 0 Å². The molecule has 4 nitrogen and oxygen atoms in total. The number of halogens is 2. The van der Waals surface area contributed by atoms with E-state index in [4.69, 9.17) is 27.9 Å². The molecule has 1 aromatic carbocycles. The Bertz CT molecular complexity index is 681. The second-order valence-electron chi connectivity index (χ2n) is 5.26. The van der Waals surface area contributed by atoms with Crippen LogP contribution in [0.15, 0.2) is 30.9 Å². The summed E-state index contributed by atoms with van der Waals surface area (Å²) in [6, 6.07) is 3.08. The summed E-state index contributed by atoms with van der Waals surface area (Å²) >= 11 is 12.2. The highest BCUT2D eigenvalue weighted by Crippen LogP contribution is 2.43. The summed E-state index contributed by atoms with van der Waals surface area (Å²) in [5.74, 6) is -0.428. The number of imidazole rings is 1. The van der Waals surface area contributed by atoms with Gasteiger partial charge < -0.3 is 9.30 Å². The molecule has 6 heteroatoms. The van der Waals surface area contributed by atoms with E-state index in [1.54, 1.807) is 24.7 Å². The van der Waals surface area contributed by atoms with Gasteiger partial charge >= 0.3 is 5.97 Å². The van der Waals surface area contributed by atoms with Crippen LogP contribution in [0.1, 0.15) is 35.8 Å². The number of hydrogen-bond donors (Lipinski definition) is 0. The van der Waals surface area contributed by atoms with Crippen molar-refractivity contribution in [3.63, 3.8) is 0 Å². The Hall–Kier alpha value is -1.52. The fraction of sp³-hybridized carbons (Fsp3) is 0.286. The van der Waals surface area contributed by atoms with Crippen LogP contribution in [0, 0.1) is 0 Å². The molecule has 1 aliphatic rings. The van der Waals surface area contributed by atoms with E-state index in [0.717, 1.165) is 5.56 Å². The molecule has 20 heavy (non-hydrogen) atoms. The third-order valence-corrected chi connectivity index (χ3v) is 3.94. The van der Waals surface area contributed by atoms with Crippen molar-refractivity contribution < 1.29 is 9.53 Å². The van der Waals surface area contributed by atoms with Gasteiger partial charge in [0.25, 0.3) is 0 Å². The van der Waals surface area contributed by atoms with Gasteiger partial charge in [0.1, 0.15) is 5.60 Å². The number of carbonyl (C=O) groups is 1. The Balaban J connectivity index is 2.29. The predicted molar refractivity (Wildman–Crippen MR) is 76.3 cm³/mol. The first-order valence-corrected chi connectivity index (χ1v) is 6.85. The highest BCUT2D eigenvalue weighted by atomic mass is 35.5. The number of fused-ring (bicyclic) bond motifs is 1. The van der Waals surface area contributed by atoms with Crippen LogP contribution in [0.5, 0.6) is 0 Å². The van der Waals surface area contributed by atoms with Gasteiger partial charge in [-0.1, -0.05) is 23.2 Å². The number of hydrogen-bond acceptors (Lipinski definition) is 3. The summed E-state index contributed by atoms with van der Waals surface area (Å²) in [6.07, 6.45) is 5.19. The van der Waals surface area contributed by atoms with E-state index >= 15 is 0 Å². The van der Waals surface area contributed by atoms with Crippen molar-refractivity contribution in [2.45, 2.75) is 25.5 Å². The molecule has 0 saturated heterocycles. The Morgan fingerprint density at radius 3 is 2.75 bits per heavy atom. The molecule has 104 valence electrons. The van der Waals surface area contributed by atoms with Crippen molar-refractivity contribution in [3.8, 4) is 0 Å². The van der Waals surface area contributed by atoms with E-state index in [0.29, 0.717) is 15.6 Å². The molecule has 2 heterocycles. The lowest BCUT2D eigenvalue weighted by Gasteiger charge is -2.40. The van der Waals surface area contributed by atoms with Gasteiger partial charge in [0, 0.05) is 17.4 Å². The van der Waals surface area contributed by atoms with Crippen LogP contribution in [-0.2, 0) is 4.74 Å². The molecule has 1 aliphatic heterocycles.